The van der Waals surface area contributed by atoms with Crippen LogP contribution in [0.5, 0.6) is 0 Å². The summed E-state index contributed by atoms with van der Waals surface area (Å²) in [6.07, 6.45) is 0. The molecule has 0 amide bonds. The van der Waals surface area contributed by atoms with E-state index in [0.29, 0.717) is 0 Å². The van der Waals surface area contributed by atoms with Crippen molar-refractivity contribution in [2.75, 3.05) is 0 Å². The van der Waals surface area contributed by atoms with Gasteiger partial charge >= 0.3 is 19.5 Å². The smallest absolute Gasteiger partial charge is 0.753 e. The fraction of sp³-hybridized carbons (Fsp3) is 0. The molecule has 0 atom stereocenters. The van der Waals surface area contributed by atoms with E-state index in [0.717, 1.165) is 0 Å². The Hall–Kier alpha value is 0.423. The number of isothiocyanates is 1. The summed E-state index contributed by atoms with van der Waals surface area (Å²) < 4.78 is 0. The number of hydrogen-bond donors (Lipinski definition) is 0. The molecule has 0 aliphatic heterocycles. The van der Waals surface area contributed by atoms with Crippen LogP contribution in [0, 0.1) is 0 Å². The molecule has 0 bridgehead atoms. The normalized spacial score (nSPS) is 2.00. The topological polar surface area (TPSA) is 22.3 Å². The summed E-state index contributed by atoms with van der Waals surface area (Å²) in [5.41, 5.74) is 0. The first-order valence-corrected chi connectivity index (χ1v) is 0.836. The maximum Gasteiger partial charge on any atom is 2.00 e. The van der Waals surface area contributed by atoms with Gasteiger partial charge in [0.05, 0.1) is 0 Å². The van der Waals surface area contributed by atoms with Gasteiger partial charge < -0.3 is 5.41 Å². The zero-order valence-electron chi connectivity index (χ0n) is 1.71. The van der Waals surface area contributed by atoms with Gasteiger partial charge in [-0.15, -0.1) is 0 Å². The predicted molar refractivity (Wildman–Crippen MR) is 16.0 cm³/mol. The van der Waals surface area contributed by atoms with Crippen molar-refractivity contribution in [1.29, 1.82) is 0 Å². The van der Waals surface area contributed by atoms with Crippen LogP contribution in [0.4, 0.5) is 0 Å². The van der Waals surface area contributed by atoms with E-state index in [2.05, 4.69) is 12.2 Å². The summed E-state index contributed by atoms with van der Waals surface area (Å²) in [6, 6.07) is 0. The van der Waals surface area contributed by atoms with E-state index in [4.69, 9.17) is 5.41 Å². The SMILES string of the molecule is [N-]=C=S.[Ru+2]. The molecule has 3 heteroatoms. The third kappa shape index (κ3) is 27.4. The summed E-state index contributed by atoms with van der Waals surface area (Å²) in [5, 5.41) is 8.47. The van der Waals surface area contributed by atoms with Crippen LogP contribution >= 0.6 is 12.2 Å². The third-order valence-electron chi connectivity index (χ3n) is 0. The van der Waals surface area contributed by atoms with E-state index in [1.165, 1.54) is 5.16 Å². The fourth-order valence-electron chi connectivity index (χ4n) is 0. The zero-order chi connectivity index (χ0) is 2.71. The molecule has 0 unspecified atom stereocenters. The summed E-state index contributed by atoms with van der Waals surface area (Å²) in [7, 11) is 0. The molecule has 0 aliphatic rings. The molecule has 0 saturated heterocycles. The van der Waals surface area contributed by atoms with Gasteiger partial charge in [0, 0.05) is 0 Å². The van der Waals surface area contributed by atoms with Gasteiger partial charge in [-0.25, -0.2) is 0 Å². The second kappa shape index (κ2) is 9.92. The van der Waals surface area contributed by atoms with Gasteiger partial charge in [0.2, 0.25) is 0 Å². The van der Waals surface area contributed by atoms with Crippen LogP contribution in [-0.2, 0) is 19.5 Å². The summed E-state index contributed by atoms with van der Waals surface area (Å²) in [6.45, 7) is 0. The van der Waals surface area contributed by atoms with E-state index in [9.17, 15) is 0 Å². The summed E-state index contributed by atoms with van der Waals surface area (Å²) >= 11 is 3.70. The summed E-state index contributed by atoms with van der Waals surface area (Å²) in [5.74, 6) is 0. The molecule has 0 spiro atoms. The van der Waals surface area contributed by atoms with Crippen LogP contribution in [0.3, 0.4) is 0 Å². The van der Waals surface area contributed by atoms with Crippen LogP contribution in [0.25, 0.3) is 5.41 Å². The maximum atomic E-state index is 7.13. The summed E-state index contributed by atoms with van der Waals surface area (Å²) in [4.78, 5) is 0. The van der Waals surface area contributed by atoms with Crippen LogP contribution in [0.1, 0.15) is 0 Å². The van der Waals surface area contributed by atoms with E-state index < -0.39 is 0 Å². The van der Waals surface area contributed by atoms with Gasteiger partial charge in [0.15, 0.2) is 0 Å². The van der Waals surface area contributed by atoms with Crippen molar-refractivity contribution in [3.63, 3.8) is 0 Å². The second-order valence-electron chi connectivity index (χ2n) is 0.0913. The largest absolute Gasteiger partial charge is 2.00 e. The molecular weight excluding hydrogens is 159 g/mol. The minimum absolute atomic E-state index is 0. The Balaban J connectivity index is 0. The monoisotopic (exact) mass is 160 g/mol. The second-order valence-corrected chi connectivity index (χ2v) is 0.274. The number of rotatable bonds is 0. The van der Waals surface area contributed by atoms with Crippen molar-refractivity contribution < 1.29 is 19.5 Å². The minimum atomic E-state index is 0. The van der Waals surface area contributed by atoms with Gasteiger partial charge in [-0.1, -0.05) is 12.2 Å². The molecule has 22 valence electrons. The number of nitrogens with zero attached hydrogens (tertiary/aromatic N) is 1. The molecule has 0 N–H and O–H groups in total. The Morgan fingerprint density at radius 2 is 1.75 bits per heavy atom. The van der Waals surface area contributed by atoms with Gasteiger partial charge in [-0.3, -0.25) is 0 Å². The molecule has 4 heavy (non-hydrogen) atoms. The standard InChI is InChI=1S/CNS.Ru/c2-1-3;/q-1;+2. The van der Waals surface area contributed by atoms with Crippen molar-refractivity contribution in [2.45, 2.75) is 0 Å². The van der Waals surface area contributed by atoms with Gasteiger partial charge in [-0.05, 0) is 0 Å². The first-order chi connectivity index (χ1) is 1.41. The Labute approximate surface area is 42.7 Å². The Kier molecular flexibility index (Phi) is 21.9. The molecule has 1 nitrogen and oxygen atoms in total. The Morgan fingerprint density at radius 1 is 1.75 bits per heavy atom. The van der Waals surface area contributed by atoms with Gasteiger partial charge in [-0.2, -0.15) is 5.16 Å². The molecule has 0 rings (SSSR count). The molecule has 0 heterocycles. The van der Waals surface area contributed by atoms with Crippen LogP contribution < -0.4 is 0 Å². The van der Waals surface area contributed by atoms with E-state index >= 15 is 0 Å². The Bertz CT molecular complexity index is 29.0. The van der Waals surface area contributed by atoms with Crippen molar-refractivity contribution in [3.8, 4) is 0 Å². The molecule has 0 radical (unpaired) electrons. The molecule has 0 fully saturated rings. The molecule has 0 aliphatic carbocycles. The van der Waals surface area contributed by atoms with E-state index in [1.807, 2.05) is 0 Å². The van der Waals surface area contributed by atoms with E-state index in [1.54, 1.807) is 0 Å². The van der Waals surface area contributed by atoms with Gasteiger partial charge in [0.1, 0.15) is 0 Å². The average molecular weight is 159 g/mol. The number of hydrogen-bond acceptors (Lipinski definition) is 1. The first-order valence-electron chi connectivity index (χ1n) is 0.428. The van der Waals surface area contributed by atoms with Crippen LogP contribution in [0.2, 0.25) is 0 Å². The van der Waals surface area contributed by atoms with Crippen molar-refractivity contribution >= 4 is 17.4 Å². The molecular formula is CNRuS+. The molecule has 0 aromatic heterocycles. The first kappa shape index (κ1) is 8.83. The van der Waals surface area contributed by atoms with Crippen molar-refractivity contribution in [2.24, 2.45) is 0 Å². The van der Waals surface area contributed by atoms with E-state index in [-0.39, 0.29) is 19.5 Å². The molecule has 0 saturated carbocycles. The Morgan fingerprint density at radius 3 is 1.75 bits per heavy atom. The van der Waals surface area contributed by atoms with Crippen molar-refractivity contribution in [3.05, 3.63) is 5.41 Å². The third-order valence-corrected chi connectivity index (χ3v) is 0. The predicted octanol–water partition coefficient (Wildman–Crippen LogP) is 0.656. The zero-order valence-corrected chi connectivity index (χ0v) is 4.26. The fourth-order valence-corrected chi connectivity index (χ4v) is 0. The quantitative estimate of drug-likeness (QED) is 0.289. The number of thiocarbonyl (C=S) groups is 1. The van der Waals surface area contributed by atoms with Gasteiger partial charge in [0.25, 0.3) is 0 Å². The molecule has 0 aromatic rings. The maximum absolute atomic E-state index is 7.13. The minimum Gasteiger partial charge on any atom is -0.753 e. The van der Waals surface area contributed by atoms with Crippen LogP contribution in [-0.4, -0.2) is 5.16 Å². The average Bonchev–Trinajstić information content (AvgIpc) is 0.918. The van der Waals surface area contributed by atoms with Crippen LogP contribution in [0.15, 0.2) is 0 Å². The molecule has 0 aromatic carbocycles. The van der Waals surface area contributed by atoms with Crippen molar-refractivity contribution in [1.82, 2.24) is 0 Å².